The highest BCUT2D eigenvalue weighted by Crippen LogP contribution is 2.01. The summed E-state index contributed by atoms with van der Waals surface area (Å²) < 4.78 is 5.01. The molecule has 0 amide bonds. The Balaban J connectivity index is 0.000000162. The van der Waals surface area contributed by atoms with Gasteiger partial charge < -0.3 is 10.1 Å². The van der Waals surface area contributed by atoms with Crippen LogP contribution >= 0.6 is 11.6 Å². The molecule has 0 radical (unpaired) electrons. The van der Waals surface area contributed by atoms with Gasteiger partial charge in [0.1, 0.15) is 0 Å². The maximum absolute atomic E-state index is 5.54. The van der Waals surface area contributed by atoms with Crippen molar-refractivity contribution in [2.45, 2.75) is 12.8 Å². The predicted molar refractivity (Wildman–Crippen MR) is 62.2 cm³/mol. The predicted octanol–water partition coefficient (Wildman–Crippen LogP) is 1.74. The van der Waals surface area contributed by atoms with Crippen molar-refractivity contribution in [3.8, 4) is 0 Å². The molecule has 0 spiro atoms. The molecule has 1 aromatic rings. The molecule has 4 heteroatoms. The van der Waals surface area contributed by atoms with Crippen LogP contribution in [0.25, 0.3) is 0 Å². The Bertz CT molecular complexity index is 248. The largest absolute Gasteiger partial charge is 0.379 e. The molecule has 0 aliphatic carbocycles. The van der Waals surface area contributed by atoms with Gasteiger partial charge in [0, 0.05) is 30.9 Å². The van der Waals surface area contributed by atoms with Crippen LogP contribution < -0.4 is 5.32 Å². The quantitative estimate of drug-likeness (QED) is 0.744. The van der Waals surface area contributed by atoms with E-state index >= 15 is 0 Å². The minimum Gasteiger partial charge on any atom is -0.379 e. The number of rotatable bonds is 1. The summed E-state index contributed by atoms with van der Waals surface area (Å²) in [7, 11) is 0. The van der Waals surface area contributed by atoms with Crippen molar-refractivity contribution in [3.63, 3.8) is 0 Å². The van der Waals surface area contributed by atoms with Gasteiger partial charge >= 0.3 is 0 Å². The highest BCUT2D eigenvalue weighted by atomic mass is 35.5. The smallest absolute Gasteiger partial charge is 0.0591 e. The molecule has 0 atom stereocenters. The lowest BCUT2D eigenvalue weighted by atomic mass is 10.3. The van der Waals surface area contributed by atoms with E-state index in [4.69, 9.17) is 16.3 Å². The van der Waals surface area contributed by atoms with Gasteiger partial charge in [-0.3, -0.25) is 4.98 Å². The lowest BCUT2D eigenvalue weighted by Gasteiger charge is -2.10. The Morgan fingerprint density at radius 3 is 2.47 bits per heavy atom. The van der Waals surface area contributed by atoms with E-state index in [9.17, 15) is 0 Å². The minimum absolute atomic E-state index is 0.549. The van der Waals surface area contributed by atoms with Crippen molar-refractivity contribution < 1.29 is 4.74 Å². The molecule has 0 aromatic carbocycles. The molecule has 3 nitrogen and oxygen atoms in total. The zero-order chi connectivity index (χ0) is 10.9. The Morgan fingerprint density at radius 1 is 1.40 bits per heavy atom. The molecule has 15 heavy (non-hydrogen) atoms. The van der Waals surface area contributed by atoms with Crippen molar-refractivity contribution >= 4 is 11.6 Å². The van der Waals surface area contributed by atoms with Crippen molar-refractivity contribution in [3.05, 3.63) is 29.6 Å². The number of pyridine rings is 1. The molecule has 1 aliphatic heterocycles. The van der Waals surface area contributed by atoms with E-state index in [2.05, 4.69) is 10.3 Å². The van der Waals surface area contributed by atoms with Gasteiger partial charge in [0.2, 0.25) is 0 Å². The number of alkyl halides is 1. The van der Waals surface area contributed by atoms with Gasteiger partial charge in [-0.2, -0.15) is 0 Å². The molecular formula is C11H17ClN2O. The summed E-state index contributed by atoms with van der Waals surface area (Å²) in [6, 6.07) is 3.94. The van der Waals surface area contributed by atoms with Gasteiger partial charge in [0.05, 0.1) is 13.2 Å². The average molecular weight is 229 g/mol. The fourth-order valence-corrected chi connectivity index (χ4v) is 1.25. The van der Waals surface area contributed by atoms with Crippen LogP contribution in [0.5, 0.6) is 0 Å². The highest BCUT2D eigenvalue weighted by Gasteiger charge is 1.93. The van der Waals surface area contributed by atoms with Crippen LogP contribution in [-0.4, -0.2) is 31.3 Å². The first-order valence-corrected chi connectivity index (χ1v) is 5.62. The van der Waals surface area contributed by atoms with E-state index in [1.54, 1.807) is 6.20 Å². The van der Waals surface area contributed by atoms with E-state index in [1.807, 2.05) is 19.1 Å². The SMILES string of the molecule is C1COCCN1.Cc1ccc(CCl)cn1. The Kier molecular flexibility index (Phi) is 6.32. The lowest BCUT2D eigenvalue weighted by Crippen LogP contribution is -2.30. The third kappa shape index (κ3) is 5.72. The zero-order valence-electron chi connectivity index (χ0n) is 9.00. The van der Waals surface area contributed by atoms with Gasteiger partial charge in [-0.25, -0.2) is 0 Å². The van der Waals surface area contributed by atoms with Crippen molar-refractivity contribution in [1.82, 2.24) is 10.3 Å². The molecule has 2 heterocycles. The molecule has 0 bridgehead atoms. The first kappa shape index (κ1) is 12.4. The molecule has 1 N–H and O–H groups in total. The maximum Gasteiger partial charge on any atom is 0.0591 e. The summed E-state index contributed by atoms with van der Waals surface area (Å²) in [5, 5.41) is 3.16. The van der Waals surface area contributed by atoms with Gasteiger partial charge in [0.25, 0.3) is 0 Å². The van der Waals surface area contributed by atoms with E-state index in [0.29, 0.717) is 5.88 Å². The summed E-state index contributed by atoms with van der Waals surface area (Å²) in [5.74, 6) is 0.549. The van der Waals surface area contributed by atoms with Crippen LogP contribution in [0.3, 0.4) is 0 Å². The number of morpholine rings is 1. The molecule has 0 unspecified atom stereocenters. The van der Waals surface area contributed by atoms with Gasteiger partial charge in [-0.15, -0.1) is 11.6 Å². The van der Waals surface area contributed by atoms with Crippen molar-refractivity contribution in [1.29, 1.82) is 0 Å². The molecule has 0 saturated carbocycles. The number of nitrogens with zero attached hydrogens (tertiary/aromatic N) is 1. The fraction of sp³-hybridized carbons (Fsp3) is 0.545. The van der Waals surface area contributed by atoms with E-state index in [-0.39, 0.29) is 0 Å². The number of halogens is 1. The van der Waals surface area contributed by atoms with E-state index in [1.165, 1.54) is 0 Å². The molecular weight excluding hydrogens is 212 g/mol. The Labute approximate surface area is 95.8 Å². The normalized spacial score (nSPS) is 15.3. The molecule has 2 rings (SSSR count). The van der Waals surface area contributed by atoms with Crippen LogP contribution in [0.1, 0.15) is 11.3 Å². The monoisotopic (exact) mass is 228 g/mol. The van der Waals surface area contributed by atoms with Crippen molar-refractivity contribution in [2.24, 2.45) is 0 Å². The van der Waals surface area contributed by atoms with E-state index in [0.717, 1.165) is 37.6 Å². The number of hydrogen-bond donors (Lipinski definition) is 1. The number of nitrogens with one attached hydrogen (secondary N) is 1. The van der Waals surface area contributed by atoms with Crippen LogP contribution in [0.4, 0.5) is 0 Å². The average Bonchev–Trinajstić information content (AvgIpc) is 2.33. The highest BCUT2D eigenvalue weighted by molar-refractivity contribution is 6.17. The summed E-state index contributed by atoms with van der Waals surface area (Å²) in [6.45, 7) is 5.79. The molecule has 84 valence electrons. The summed E-state index contributed by atoms with van der Waals surface area (Å²) >= 11 is 5.54. The Hall–Kier alpha value is -0.640. The van der Waals surface area contributed by atoms with Crippen LogP contribution in [0.15, 0.2) is 18.3 Å². The second kappa shape index (κ2) is 7.63. The second-order valence-electron chi connectivity index (χ2n) is 3.30. The third-order valence-electron chi connectivity index (χ3n) is 1.97. The first-order valence-electron chi connectivity index (χ1n) is 5.09. The molecule has 1 aliphatic rings. The van der Waals surface area contributed by atoms with E-state index < -0.39 is 0 Å². The summed E-state index contributed by atoms with van der Waals surface area (Å²) in [4.78, 5) is 4.07. The number of ether oxygens (including phenoxy) is 1. The number of hydrogen-bond acceptors (Lipinski definition) is 3. The standard InChI is InChI=1S/C7H8ClN.C4H9NO/c1-6-2-3-7(4-8)5-9-6;1-3-6-4-2-5-1/h2-3,5H,4H2,1H3;5H,1-4H2. The van der Waals surface area contributed by atoms with Crippen LogP contribution in [0, 0.1) is 6.92 Å². The van der Waals surface area contributed by atoms with Crippen molar-refractivity contribution in [2.75, 3.05) is 26.3 Å². The maximum atomic E-state index is 5.54. The summed E-state index contributed by atoms with van der Waals surface area (Å²) in [5.41, 5.74) is 2.10. The topological polar surface area (TPSA) is 34.1 Å². The molecule has 1 fully saturated rings. The van der Waals surface area contributed by atoms with Gasteiger partial charge in [-0.1, -0.05) is 6.07 Å². The molecule has 1 aromatic heterocycles. The van der Waals surface area contributed by atoms with Gasteiger partial charge in [-0.05, 0) is 18.6 Å². The minimum atomic E-state index is 0.549. The number of aromatic nitrogens is 1. The molecule has 1 saturated heterocycles. The fourth-order valence-electron chi connectivity index (χ4n) is 1.09. The van der Waals surface area contributed by atoms with Crippen LogP contribution in [0.2, 0.25) is 0 Å². The zero-order valence-corrected chi connectivity index (χ0v) is 9.76. The Morgan fingerprint density at radius 2 is 2.13 bits per heavy atom. The number of aryl methyl sites for hydroxylation is 1. The lowest BCUT2D eigenvalue weighted by molar-refractivity contribution is 0.109. The summed E-state index contributed by atoms with van der Waals surface area (Å²) in [6.07, 6.45) is 1.79. The van der Waals surface area contributed by atoms with Gasteiger partial charge in [0.15, 0.2) is 0 Å². The first-order chi connectivity index (χ1) is 7.33. The van der Waals surface area contributed by atoms with Crippen LogP contribution in [-0.2, 0) is 10.6 Å². The second-order valence-corrected chi connectivity index (χ2v) is 3.57. The third-order valence-corrected chi connectivity index (χ3v) is 2.28.